The van der Waals surface area contributed by atoms with E-state index in [0.29, 0.717) is 12.3 Å². The summed E-state index contributed by atoms with van der Waals surface area (Å²) in [5, 5.41) is 29.0. The number of carboxylic acid groups (broad SMARTS) is 3. The van der Waals surface area contributed by atoms with Crippen molar-refractivity contribution in [2.24, 2.45) is 22.7 Å². The maximum absolute atomic E-state index is 12.2. The van der Waals surface area contributed by atoms with Crippen molar-refractivity contribution in [3.63, 3.8) is 0 Å². The first-order valence-corrected chi connectivity index (χ1v) is 11.4. The maximum Gasteiger partial charge on any atom is 0.371 e. The third kappa shape index (κ3) is 3.60. The second-order valence-electron chi connectivity index (χ2n) is 10.9. The molecule has 0 amide bonds. The van der Waals surface area contributed by atoms with Crippen LogP contribution in [0, 0.1) is 22.7 Å². The molecule has 1 aromatic rings. The van der Waals surface area contributed by atoms with Gasteiger partial charge >= 0.3 is 17.9 Å². The van der Waals surface area contributed by atoms with E-state index < -0.39 is 34.9 Å². The summed E-state index contributed by atoms with van der Waals surface area (Å²) in [6.07, 6.45) is 5.25. The third-order valence-electron chi connectivity index (χ3n) is 8.59. The van der Waals surface area contributed by atoms with Crippen molar-refractivity contribution >= 4 is 23.5 Å². The number of carbonyl (C=O) groups is 3. The molecule has 0 radical (unpaired) electrons. The van der Waals surface area contributed by atoms with Crippen molar-refractivity contribution in [2.75, 3.05) is 0 Å². The molecule has 8 nitrogen and oxygen atoms in total. The molecule has 3 aliphatic rings. The molecule has 0 saturated heterocycles. The minimum atomic E-state index is -1.41. The maximum atomic E-state index is 12.2. The quantitative estimate of drug-likeness (QED) is 0.592. The average Bonchev–Trinajstić information content (AvgIpc) is 2.71. The van der Waals surface area contributed by atoms with Gasteiger partial charge in [-0.1, -0.05) is 27.2 Å². The third-order valence-corrected chi connectivity index (χ3v) is 8.59. The lowest BCUT2D eigenvalue weighted by Crippen LogP contribution is -2.59. The fraction of sp³-hybridized carbons (Fsp3) is 0.600. The first-order chi connectivity index (χ1) is 15.3. The van der Waals surface area contributed by atoms with Crippen LogP contribution in [0.15, 0.2) is 17.9 Å². The smallest absolute Gasteiger partial charge is 0.371 e. The number of aromatic carboxylic acids is 2. The van der Waals surface area contributed by atoms with Gasteiger partial charge in [0.2, 0.25) is 5.76 Å². The van der Waals surface area contributed by atoms with Crippen molar-refractivity contribution in [1.29, 1.82) is 0 Å². The summed E-state index contributed by atoms with van der Waals surface area (Å²) in [4.78, 5) is 39.3. The summed E-state index contributed by atoms with van der Waals surface area (Å²) in [5.74, 6) is -3.86. The normalized spacial score (nSPS) is 32.8. The molecule has 2 aliphatic carbocycles. The molecule has 3 N–H and O–H groups in total. The van der Waals surface area contributed by atoms with Crippen molar-refractivity contribution in [3.8, 4) is 0 Å². The molecule has 0 bridgehead atoms. The number of carboxylic acids is 3. The Labute approximate surface area is 192 Å². The highest BCUT2D eigenvalue weighted by Crippen LogP contribution is 2.65. The number of allylic oxidation sites excluding steroid dienone is 1. The van der Waals surface area contributed by atoms with E-state index in [1.807, 2.05) is 6.92 Å². The largest absolute Gasteiger partial charge is 0.480 e. The molecular formula is C25H31NO7. The fourth-order valence-electron chi connectivity index (χ4n) is 7.16. The van der Waals surface area contributed by atoms with Crippen LogP contribution in [-0.2, 0) is 9.53 Å². The molecule has 1 aliphatic heterocycles. The number of aliphatic carboxylic acids is 1. The topological polar surface area (TPSA) is 134 Å². The van der Waals surface area contributed by atoms with Gasteiger partial charge in [0.15, 0.2) is 5.69 Å². The molecule has 178 valence electrons. The van der Waals surface area contributed by atoms with E-state index in [9.17, 15) is 29.7 Å². The molecule has 2 saturated carbocycles. The van der Waals surface area contributed by atoms with E-state index in [1.165, 1.54) is 12.1 Å². The molecule has 2 heterocycles. The van der Waals surface area contributed by atoms with Crippen molar-refractivity contribution in [2.45, 2.75) is 71.8 Å². The summed E-state index contributed by atoms with van der Waals surface area (Å²) < 4.78 is 6.24. The number of ether oxygens (including phenoxy) is 1. The summed E-state index contributed by atoms with van der Waals surface area (Å²) in [5.41, 5.74) is -1.12. The Kier molecular flexibility index (Phi) is 5.34. The summed E-state index contributed by atoms with van der Waals surface area (Å²) >= 11 is 0. The lowest BCUT2D eigenvalue weighted by Gasteiger charge is -2.63. The molecule has 2 fully saturated rings. The lowest BCUT2D eigenvalue weighted by atomic mass is 9.44. The molecule has 33 heavy (non-hydrogen) atoms. The minimum absolute atomic E-state index is 0.0118. The van der Waals surface area contributed by atoms with Crippen molar-refractivity contribution in [3.05, 3.63) is 34.8 Å². The van der Waals surface area contributed by atoms with E-state index >= 15 is 0 Å². The molecule has 1 aromatic heterocycles. The molecule has 0 aromatic carbocycles. The second-order valence-corrected chi connectivity index (χ2v) is 10.9. The van der Waals surface area contributed by atoms with E-state index in [1.54, 1.807) is 0 Å². The highest BCUT2D eigenvalue weighted by molar-refractivity contribution is 6.00. The Morgan fingerprint density at radius 1 is 0.939 bits per heavy atom. The summed E-state index contributed by atoms with van der Waals surface area (Å²) in [7, 11) is 0. The number of rotatable bonds is 4. The van der Waals surface area contributed by atoms with Gasteiger partial charge in [0.05, 0.1) is 0 Å². The van der Waals surface area contributed by atoms with E-state index in [4.69, 9.17) is 4.74 Å². The first-order valence-electron chi connectivity index (χ1n) is 11.4. The predicted octanol–water partition coefficient (Wildman–Crippen LogP) is 4.70. The van der Waals surface area contributed by atoms with Crippen LogP contribution in [0.25, 0.3) is 5.57 Å². The summed E-state index contributed by atoms with van der Waals surface area (Å²) in [6, 6.07) is 2.55. The van der Waals surface area contributed by atoms with Crippen LogP contribution in [0.5, 0.6) is 0 Å². The average molecular weight is 458 g/mol. The van der Waals surface area contributed by atoms with Crippen LogP contribution in [0.4, 0.5) is 0 Å². The van der Waals surface area contributed by atoms with E-state index in [2.05, 4.69) is 25.8 Å². The van der Waals surface area contributed by atoms with Crippen molar-refractivity contribution in [1.82, 2.24) is 4.98 Å². The Morgan fingerprint density at radius 2 is 1.64 bits per heavy atom. The van der Waals surface area contributed by atoms with Gasteiger partial charge in [0.25, 0.3) is 0 Å². The van der Waals surface area contributed by atoms with Gasteiger partial charge < -0.3 is 20.1 Å². The number of nitrogens with zero attached hydrogens (tertiary/aromatic N) is 1. The monoisotopic (exact) mass is 457 g/mol. The predicted molar refractivity (Wildman–Crippen MR) is 119 cm³/mol. The van der Waals surface area contributed by atoms with Crippen molar-refractivity contribution < 1.29 is 34.4 Å². The Hall–Kier alpha value is -2.90. The van der Waals surface area contributed by atoms with Gasteiger partial charge in [-0.15, -0.1) is 0 Å². The zero-order valence-electron chi connectivity index (χ0n) is 19.5. The lowest BCUT2D eigenvalue weighted by molar-refractivity contribution is -0.186. The SMILES string of the molecule is CC1(C)CCC[C@]2(C)[C@H]3CC(c4ccc(C(=O)O)nc4C(=O)O)=C(C(=O)O)O[C@@]3(C)CC[C@@H]12. The van der Waals surface area contributed by atoms with Gasteiger partial charge in [-0.05, 0) is 67.9 Å². The molecule has 0 spiro atoms. The van der Waals surface area contributed by atoms with Crippen LogP contribution < -0.4 is 0 Å². The van der Waals surface area contributed by atoms with Crippen LogP contribution in [-0.4, -0.2) is 43.8 Å². The first kappa shape index (κ1) is 23.3. The molecule has 4 rings (SSSR count). The summed E-state index contributed by atoms with van der Waals surface area (Å²) in [6.45, 7) is 8.86. The van der Waals surface area contributed by atoms with Gasteiger partial charge in [-0.3, -0.25) is 0 Å². The van der Waals surface area contributed by atoms with Crippen LogP contribution in [0.2, 0.25) is 0 Å². The fourth-order valence-corrected chi connectivity index (χ4v) is 7.16. The molecule has 8 heteroatoms. The number of pyridine rings is 1. The Morgan fingerprint density at radius 3 is 2.24 bits per heavy atom. The number of hydrogen-bond acceptors (Lipinski definition) is 5. The van der Waals surface area contributed by atoms with Crippen LogP contribution in [0.1, 0.15) is 92.8 Å². The second kappa shape index (κ2) is 7.57. The zero-order valence-corrected chi connectivity index (χ0v) is 19.5. The van der Waals surface area contributed by atoms with Gasteiger partial charge in [0, 0.05) is 17.1 Å². The zero-order chi connectivity index (χ0) is 24.3. The number of aromatic nitrogens is 1. The standard InChI is InChI=1S/C25H31NO7/c1-23(2)9-5-10-24(3)16(23)8-11-25(4)17(24)12-14(19(33-25)22(31)32)13-6-7-15(20(27)28)26-18(13)21(29)30/h6-7,16-17H,5,8-12H2,1-4H3,(H,27,28)(H,29,30)(H,31,32)/t16-,17+,24-,25-/m0/s1. The van der Waals surface area contributed by atoms with Crippen LogP contribution in [0.3, 0.4) is 0 Å². The van der Waals surface area contributed by atoms with Gasteiger partial charge in [-0.2, -0.15) is 0 Å². The highest BCUT2D eigenvalue weighted by Gasteiger charge is 2.61. The van der Waals surface area contributed by atoms with Crippen LogP contribution >= 0.6 is 0 Å². The van der Waals surface area contributed by atoms with Gasteiger partial charge in [-0.25, -0.2) is 19.4 Å². The Bertz CT molecular complexity index is 1070. The Balaban J connectivity index is 1.88. The molecular weight excluding hydrogens is 426 g/mol. The van der Waals surface area contributed by atoms with E-state index in [0.717, 1.165) is 32.1 Å². The molecule has 4 atom stereocenters. The minimum Gasteiger partial charge on any atom is -0.480 e. The van der Waals surface area contributed by atoms with Gasteiger partial charge in [0.1, 0.15) is 11.3 Å². The number of hydrogen-bond donors (Lipinski definition) is 3. The molecule has 0 unspecified atom stereocenters. The van der Waals surface area contributed by atoms with E-state index in [-0.39, 0.29) is 33.6 Å². The highest BCUT2D eigenvalue weighted by atomic mass is 16.5. The number of fused-ring (bicyclic) bond motifs is 3.